The van der Waals surface area contributed by atoms with Gasteiger partial charge in [0.2, 0.25) is 0 Å². The average molecular weight is 245 g/mol. The van der Waals surface area contributed by atoms with E-state index in [9.17, 15) is 0 Å². The molecule has 0 spiro atoms. The Hall–Kier alpha value is -1.92. The third kappa shape index (κ3) is 3.54. The van der Waals surface area contributed by atoms with Crippen LogP contribution in [0.5, 0.6) is 0 Å². The van der Waals surface area contributed by atoms with Gasteiger partial charge in [-0.2, -0.15) is 0 Å². The summed E-state index contributed by atoms with van der Waals surface area (Å²) in [5.74, 6) is 0.587. The molecule has 1 N–H and O–H groups in total. The molecule has 0 aliphatic carbocycles. The number of hydrogen-bond donors (Lipinski definition) is 1. The van der Waals surface area contributed by atoms with Gasteiger partial charge in [0.05, 0.1) is 12.8 Å². The van der Waals surface area contributed by atoms with Gasteiger partial charge in [0.1, 0.15) is 5.69 Å². The second-order valence-electron chi connectivity index (χ2n) is 3.68. The maximum atomic E-state index is 4.95. The van der Waals surface area contributed by atoms with Gasteiger partial charge in [-0.3, -0.25) is 4.98 Å². The van der Waals surface area contributed by atoms with Gasteiger partial charge in [0, 0.05) is 50.6 Å². The van der Waals surface area contributed by atoms with Crippen LogP contribution in [0.4, 0.5) is 0 Å². The fraction of sp³-hybridized carbons (Fsp3) is 0.333. The molecule has 18 heavy (non-hydrogen) atoms. The van der Waals surface area contributed by atoms with Crippen molar-refractivity contribution in [3.8, 4) is 11.5 Å². The summed E-state index contributed by atoms with van der Waals surface area (Å²) in [5, 5.41) is 3.23. The number of nitrogens with zero attached hydrogens (tertiary/aromatic N) is 4. The first kappa shape index (κ1) is 12.5. The molecule has 0 amide bonds. The van der Waals surface area contributed by atoms with E-state index in [1.54, 1.807) is 38.1 Å². The second-order valence-corrected chi connectivity index (χ2v) is 3.68. The number of rotatable bonds is 6. The highest BCUT2D eigenvalue weighted by Crippen LogP contribution is 2.08. The van der Waals surface area contributed by atoms with Crippen molar-refractivity contribution in [2.75, 3.05) is 20.3 Å². The lowest BCUT2D eigenvalue weighted by Gasteiger charge is -2.04. The molecule has 0 radical (unpaired) electrons. The number of aromatic nitrogens is 4. The lowest BCUT2D eigenvalue weighted by Crippen LogP contribution is -2.18. The zero-order chi connectivity index (χ0) is 12.6. The van der Waals surface area contributed by atoms with Crippen molar-refractivity contribution in [3.63, 3.8) is 0 Å². The molecular weight excluding hydrogens is 230 g/mol. The second kappa shape index (κ2) is 6.73. The molecular formula is C12H15N5O. The van der Waals surface area contributed by atoms with Crippen LogP contribution < -0.4 is 5.32 Å². The topological polar surface area (TPSA) is 72.8 Å². The van der Waals surface area contributed by atoms with E-state index >= 15 is 0 Å². The fourth-order valence-corrected chi connectivity index (χ4v) is 1.40. The maximum absolute atomic E-state index is 4.95. The summed E-state index contributed by atoms with van der Waals surface area (Å²) >= 11 is 0. The molecule has 2 aromatic rings. The highest BCUT2D eigenvalue weighted by atomic mass is 16.5. The van der Waals surface area contributed by atoms with E-state index in [0.29, 0.717) is 18.1 Å². The summed E-state index contributed by atoms with van der Waals surface area (Å²) in [6.45, 7) is 2.23. The van der Waals surface area contributed by atoms with Crippen LogP contribution in [0.15, 0.2) is 31.0 Å². The van der Waals surface area contributed by atoms with Crippen LogP contribution in [-0.2, 0) is 11.3 Å². The van der Waals surface area contributed by atoms with Crippen molar-refractivity contribution in [3.05, 3.63) is 36.5 Å². The third-order valence-electron chi connectivity index (χ3n) is 2.31. The number of methoxy groups -OCH3 is 1. The SMILES string of the molecule is COCCNCc1cnc(-c2cnccn2)nc1. The summed E-state index contributed by atoms with van der Waals surface area (Å²) in [6, 6.07) is 0. The minimum absolute atomic E-state index is 0.587. The van der Waals surface area contributed by atoms with Crippen molar-refractivity contribution in [2.24, 2.45) is 0 Å². The standard InChI is InChI=1S/C12H15N5O/c1-18-5-4-14-6-10-7-16-12(17-8-10)11-9-13-2-3-15-11/h2-3,7-9,14H,4-6H2,1H3. The molecule has 2 rings (SSSR count). The van der Waals surface area contributed by atoms with E-state index in [1.807, 2.05) is 0 Å². The van der Waals surface area contributed by atoms with Gasteiger partial charge >= 0.3 is 0 Å². The Labute approximate surface area is 105 Å². The molecule has 6 nitrogen and oxygen atoms in total. The van der Waals surface area contributed by atoms with Gasteiger partial charge in [0.25, 0.3) is 0 Å². The van der Waals surface area contributed by atoms with E-state index < -0.39 is 0 Å². The smallest absolute Gasteiger partial charge is 0.179 e. The molecule has 0 unspecified atom stereocenters. The minimum atomic E-state index is 0.587. The lowest BCUT2D eigenvalue weighted by molar-refractivity contribution is 0.199. The van der Waals surface area contributed by atoms with Gasteiger partial charge in [-0.05, 0) is 0 Å². The van der Waals surface area contributed by atoms with Crippen LogP contribution in [0.3, 0.4) is 0 Å². The highest BCUT2D eigenvalue weighted by molar-refractivity contribution is 5.46. The van der Waals surface area contributed by atoms with Gasteiger partial charge in [-0.15, -0.1) is 0 Å². The van der Waals surface area contributed by atoms with Crippen LogP contribution in [0.25, 0.3) is 11.5 Å². The van der Waals surface area contributed by atoms with Crippen molar-refractivity contribution >= 4 is 0 Å². The molecule has 0 saturated carbocycles. The first-order valence-electron chi connectivity index (χ1n) is 5.67. The zero-order valence-corrected chi connectivity index (χ0v) is 10.2. The van der Waals surface area contributed by atoms with Gasteiger partial charge in [-0.25, -0.2) is 15.0 Å². The molecule has 0 atom stereocenters. The molecule has 94 valence electrons. The first-order chi connectivity index (χ1) is 8.90. The quantitative estimate of drug-likeness (QED) is 0.754. The molecule has 0 fully saturated rings. The highest BCUT2D eigenvalue weighted by Gasteiger charge is 2.02. The van der Waals surface area contributed by atoms with E-state index in [4.69, 9.17) is 4.74 Å². The van der Waals surface area contributed by atoms with Crippen LogP contribution >= 0.6 is 0 Å². The van der Waals surface area contributed by atoms with E-state index in [-0.39, 0.29) is 0 Å². The fourth-order valence-electron chi connectivity index (χ4n) is 1.40. The Morgan fingerprint density at radius 2 is 1.94 bits per heavy atom. The monoisotopic (exact) mass is 245 g/mol. The molecule has 6 heteroatoms. The summed E-state index contributed by atoms with van der Waals surface area (Å²) in [4.78, 5) is 16.7. The van der Waals surface area contributed by atoms with Crippen LogP contribution in [0.1, 0.15) is 5.56 Å². The largest absolute Gasteiger partial charge is 0.383 e. The summed E-state index contributed by atoms with van der Waals surface area (Å²) < 4.78 is 4.95. The number of nitrogens with one attached hydrogen (secondary N) is 1. The minimum Gasteiger partial charge on any atom is -0.383 e. The Balaban J connectivity index is 1.94. The molecule has 2 heterocycles. The first-order valence-corrected chi connectivity index (χ1v) is 5.67. The Morgan fingerprint density at radius 3 is 2.61 bits per heavy atom. The van der Waals surface area contributed by atoms with Crippen molar-refractivity contribution in [1.29, 1.82) is 0 Å². The molecule has 0 saturated heterocycles. The van der Waals surface area contributed by atoms with E-state index in [2.05, 4.69) is 25.3 Å². The van der Waals surface area contributed by atoms with Gasteiger partial charge in [-0.1, -0.05) is 0 Å². The Morgan fingerprint density at radius 1 is 1.11 bits per heavy atom. The normalized spacial score (nSPS) is 10.5. The van der Waals surface area contributed by atoms with Crippen molar-refractivity contribution in [2.45, 2.75) is 6.54 Å². The zero-order valence-electron chi connectivity index (χ0n) is 10.2. The van der Waals surface area contributed by atoms with Crippen LogP contribution in [-0.4, -0.2) is 40.2 Å². The maximum Gasteiger partial charge on any atom is 0.179 e. The number of hydrogen-bond acceptors (Lipinski definition) is 6. The Bertz CT molecular complexity index is 460. The molecule has 2 aromatic heterocycles. The molecule has 0 bridgehead atoms. The third-order valence-corrected chi connectivity index (χ3v) is 2.31. The predicted octanol–water partition coefficient (Wildman–Crippen LogP) is 0.670. The van der Waals surface area contributed by atoms with E-state index in [1.165, 1.54) is 0 Å². The van der Waals surface area contributed by atoms with Gasteiger partial charge in [0.15, 0.2) is 5.82 Å². The van der Waals surface area contributed by atoms with Crippen LogP contribution in [0.2, 0.25) is 0 Å². The number of ether oxygens (including phenoxy) is 1. The Kier molecular flexibility index (Phi) is 4.68. The summed E-state index contributed by atoms with van der Waals surface area (Å²) in [6.07, 6.45) is 8.47. The van der Waals surface area contributed by atoms with Crippen LogP contribution in [0, 0.1) is 0 Å². The van der Waals surface area contributed by atoms with Crippen molar-refractivity contribution < 1.29 is 4.74 Å². The van der Waals surface area contributed by atoms with Gasteiger partial charge < -0.3 is 10.1 Å². The van der Waals surface area contributed by atoms with E-state index in [0.717, 1.165) is 18.7 Å². The average Bonchev–Trinajstić information content (AvgIpc) is 2.45. The summed E-state index contributed by atoms with van der Waals surface area (Å²) in [7, 11) is 1.68. The summed E-state index contributed by atoms with van der Waals surface area (Å²) in [5.41, 5.74) is 1.70. The molecule has 0 aliphatic heterocycles. The lowest BCUT2D eigenvalue weighted by atomic mass is 10.3. The van der Waals surface area contributed by atoms with Crippen molar-refractivity contribution in [1.82, 2.24) is 25.3 Å². The molecule has 0 aliphatic rings. The molecule has 0 aromatic carbocycles. The predicted molar refractivity (Wildman–Crippen MR) is 66.6 cm³/mol.